The number of urea groups is 1. The Bertz CT molecular complexity index is 967. The summed E-state index contributed by atoms with van der Waals surface area (Å²) in [6, 6.07) is 30.5. The molecule has 29 heavy (non-hydrogen) atoms. The molecule has 0 aromatic heterocycles. The number of benzene rings is 3. The molecular formula is C26H26N2O. The molecule has 0 unspecified atom stereocenters. The third-order valence-electron chi connectivity index (χ3n) is 5.29. The summed E-state index contributed by atoms with van der Waals surface area (Å²) in [4.78, 5) is 17.7. The van der Waals surface area contributed by atoms with Crippen LogP contribution in [0, 0.1) is 0 Å². The van der Waals surface area contributed by atoms with Crippen molar-refractivity contribution in [2.24, 2.45) is 0 Å². The highest BCUT2D eigenvalue weighted by Crippen LogP contribution is 2.34. The fraction of sp³-hybridized carbons (Fsp3) is 0.192. The summed E-state index contributed by atoms with van der Waals surface area (Å²) >= 11 is 0. The van der Waals surface area contributed by atoms with Gasteiger partial charge in [-0.25, -0.2) is 4.79 Å². The lowest BCUT2D eigenvalue weighted by atomic mass is 10.00. The van der Waals surface area contributed by atoms with E-state index in [1.807, 2.05) is 76.5 Å². The van der Waals surface area contributed by atoms with Gasteiger partial charge in [0.15, 0.2) is 0 Å². The molecule has 3 heteroatoms. The average Bonchev–Trinajstić information content (AvgIpc) is 2.78. The second kappa shape index (κ2) is 8.78. The van der Waals surface area contributed by atoms with Crippen LogP contribution in [0.5, 0.6) is 0 Å². The summed E-state index contributed by atoms with van der Waals surface area (Å²) in [7, 11) is 0. The maximum Gasteiger partial charge on any atom is 0.329 e. The van der Waals surface area contributed by atoms with Gasteiger partial charge in [-0.15, -0.1) is 0 Å². The number of anilines is 1. The molecule has 0 radical (unpaired) electrons. The van der Waals surface area contributed by atoms with Crippen LogP contribution in [-0.4, -0.2) is 17.0 Å². The predicted octanol–water partition coefficient (Wildman–Crippen LogP) is 6.34. The van der Waals surface area contributed by atoms with Crippen LogP contribution in [-0.2, 0) is 6.54 Å². The molecule has 4 rings (SSSR count). The number of nitrogens with zero attached hydrogens (tertiary/aromatic N) is 2. The Balaban J connectivity index is 1.80. The van der Waals surface area contributed by atoms with E-state index in [-0.39, 0.29) is 12.1 Å². The van der Waals surface area contributed by atoms with E-state index in [0.29, 0.717) is 6.54 Å². The topological polar surface area (TPSA) is 23.6 Å². The van der Waals surface area contributed by atoms with E-state index in [2.05, 4.69) is 37.3 Å². The molecule has 0 saturated heterocycles. The Hall–Kier alpha value is -3.33. The molecule has 0 N–H and O–H groups in total. The number of hydrogen-bond donors (Lipinski definition) is 0. The lowest BCUT2D eigenvalue weighted by Gasteiger charge is -2.41. The molecule has 1 heterocycles. The summed E-state index contributed by atoms with van der Waals surface area (Å²) in [5, 5.41) is 0. The summed E-state index contributed by atoms with van der Waals surface area (Å²) < 4.78 is 0. The van der Waals surface area contributed by atoms with Crippen molar-refractivity contribution >= 4 is 17.4 Å². The molecule has 0 fully saturated rings. The highest BCUT2D eigenvalue weighted by Gasteiger charge is 2.35. The van der Waals surface area contributed by atoms with Crippen molar-refractivity contribution in [3.63, 3.8) is 0 Å². The molecule has 3 aromatic carbocycles. The maximum atomic E-state index is 13.8. The van der Waals surface area contributed by atoms with E-state index >= 15 is 0 Å². The van der Waals surface area contributed by atoms with Gasteiger partial charge in [0.1, 0.15) is 0 Å². The standard InChI is InChI=1S/C26H26N2O/c1-2-12-24-19-25(22-15-8-4-9-16-22)28(23-17-10-5-11-18-23)26(29)27(24)20-21-13-6-3-7-14-21/h3-11,13-19,24H,2,12,20H2,1H3/t24-/m1/s1. The van der Waals surface area contributed by atoms with Gasteiger partial charge >= 0.3 is 6.03 Å². The minimum absolute atomic E-state index is 0.0276. The fourth-order valence-corrected chi connectivity index (χ4v) is 3.88. The van der Waals surface area contributed by atoms with Crippen LogP contribution in [0.25, 0.3) is 5.70 Å². The van der Waals surface area contributed by atoms with Gasteiger partial charge in [-0.05, 0) is 35.8 Å². The summed E-state index contributed by atoms with van der Waals surface area (Å²) in [6.45, 7) is 2.77. The second-order valence-corrected chi connectivity index (χ2v) is 7.34. The van der Waals surface area contributed by atoms with Gasteiger partial charge in [0.05, 0.1) is 17.4 Å². The molecule has 0 bridgehead atoms. The van der Waals surface area contributed by atoms with Gasteiger partial charge in [-0.2, -0.15) is 0 Å². The molecule has 0 saturated carbocycles. The lowest BCUT2D eigenvalue weighted by Crippen LogP contribution is -2.50. The molecule has 0 aliphatic carbocycles. The van der Waals surface area contributed by atoms with Crippen molar-refractivity contribution in [1.82, 2.24) is 4.90 Å². The van der Waals surface area contributed by atoms with E-state index in [9.17, 15) is 4.79 Å². The molecule has 146 valence electrons. The van der Waals surface area contributed by atoms with Crippen molar-refractivity contribution in [2.45, 2.75) is 32.4 Å². The zero-order chi connectivity index (χ0) is 20.1. The number of carbonyl (C=O) groups is 1. The van der Waals surface area contributed by atoms with E-state index in [4.69, 9.17) is 0 Å². The first-order valence-corrected chi connectivity index (χ1v) is 10.2. The van der Waals surface area contributed by atoms with E-state index in [1.54, 1.807) is 0 Å². The third-order valence-corrected chi connectivity index (χ3v) is 5.29. The number of rotatable bonds is 6. The van der Waals surface area contributed by atoms with Gasteiger partial charge in [-0.3, -0.25) is 4.90 Å². The monoisotopic (exact) mass is 382 g/mol. The van der Waals surface area contributed by atoms with E-state index in [0.717, 1.165) is 35.4 Å². The Morgan fingerprint density at radius 1 is 0.793 bits per heavy atom. The first-order valence-electron chi connectivity index (χ1n) is 10.2. The first kappa shape index (κ1) is 19.0. The Labute approximate surface area is 172 Å². The van der Waals surface area contributed by atoms with Crippen LogP contribution in [0.15, 0.2) is 97.1 Å². The Morgan fingerprint density at radius 2 is 1.38 bits per heavy atom. The lowest BCUT2D eigenvalue weighted by molar-refractivity contribution is 0.185. The van der Waals surface area contributed by atoms with Crippen molar-refractivity contribution in [1.29, 1.82) is 0 Å². The Morgan fingerprint density at radius 3 is 2.00 bits per heavy atom. The molecular weight excluding hydrogens is 356 g/mol. The van der Waals surface area contributed by atoms with E-state index in [1.165, 1.54) is 0 Å². The highest BCUT2D eigenvalue weighted by molar-refractivity contribution is 6.07. The molecule has 1 atom stereocenters. The van der Waals surface area contributed by atoms with Crippen LogP contribution in [0.1, 0.15) is 30.9 Å². The number of carbonyl (C=O) groups excluding carboxylic acids is 1. The molecule has 1 aliphatic rings. The van der Waals surface area contributed by atoms with Gasteiger partial charge in [0, 0.05) is 6.54 Å². The number of amides is 2. The first-order chi connectivity index (χ1) is 14.3. The number of para-hydroxylation sites is 1. The molecule has 0 spiro atoms. The predicted molar refractivity (Wildman–Crippen MR) is 119 cm³/mol. The second-order valence-electron chi connectivity index (χ2n) is 7.34. The van der Waals surface area contributed by atoms with Gasteiger partial charge in [0.25, 0.3) is 0 Å². The smallest absolute Gasteiger partial charge is 0.313 e. The fourth-order valence-electron chi connectivity index (χ4n) is 3.88. The average molecular weight is 383 g/mol. The van der Waals surface area contributed by atoms with Crippen molar-refractivity contribution in [2.75, 3.05) is 4.90 Å². The van der Waals surface area contributed by atoms with Crippen LogP contribution in [0.2, 0.25) is 0 Å². The quantitative estimate of drug-likeness (QED) is 0.488. The highest BCUT2D eigenvalue weighted by atomic mass is 16.2. The van der Waals surface area contributed by atoms with Crippen molar-refractivity contribution in [3.8, 4) is 0 Å². The minimum atomic E-state index is 0.0276. The third kappa shape index (κ3) is 4.09. The molecule has 1 aliphatic heterocycles. The molecule has 3 aromatic rings. The zero-order valence-corrected chi connectivity index (χ0v) is 16.7. The van der Waals surface area contributed by atoms with Crippen molar-refractivity contribution < 1.29 is 4.79 Å². The normalized spacial score (nSPS) is 16.7. The van der Waals surface area contributed by atoms with Crippen molar-refractivity contribution in [3.05, 3.63) is 108 Å². The van der Waals surface area contributed by atoms with Gasteiger partial charge < -0.3 is 4.90 Å². The zero-order valence-electron chi connectivity index (χ0n) is 16.7. The molecule has 2 amide bonds. The summed E-state index contributed by atoms with van der Waals surface area (Å²) in [5.74, 6) is 0. The van der Waals surface area contributed by atoms with Crippen LogP contribution in [0.4, 0.5) is 10.5 Å². The van der Waals surface area contributed by atoms with Crippen LogP contribution in [0.3, 0.4) is 0 Å². The van der Waals surface area contributed by atoms with Crippen LogP contribution >= 0.6 is 0 Å². The number of hydrogen-bond acceptors (Lipinski definition) is 1. The maximum absolute atomic E-state index is 13.8. The minimum Gasteiger partial charge on any atom is -0.313 e. The van der Waals surface area contributed by atoms with Crippen LogP contribution < -0.4 is 4.90 Å². The Kier molecular flexibility index (Phi) is 5.76. The van der Waals surface area contributed by atoms with E-state index < -0.39 is 0 Å². The summed E-state index contributed by atoms with van der Waals surface area (Å²) in [6.07, 6.45) is 4.22. The largest absolute Gasteiger partial charge is 0.329 e. The summed E-state index contributed by atoms with van der Waals surface area (Å²) in [5.41, 5.74) is 4.06. The van der Waals surface area contributed by atoms with Gasteiger partial charge in [0.2, 0.25) is 0 Å². The molecule has 3 nitrogen and oxygen atoms in total. The van der Waals surface area contributed by atoms with Gasteiger partial charge in [-0.1, -0.05) is 92.2 Å². The SMILES string of the molecule is CCC[C@@H]1C=C(c2ccccc2)N(c2ccccc2)C(=O)N1Cc1ccccc1.